The molecule has 1 aromatic rings. The van der Waals surface area contributed by atoms with Gasteiger partial charge in [0, 0.05) is 23.2 Å². The lowest BCUT2D eigenvalue weighted by Gasteiger charge is -2.16. The van der Waals surface area contributed by atoms with Gasteiger partial charge < -0.3 is 10.2 Å². The second kappa shape index (κ2) is 6.04. The van der Waals surface area contributed by atoms with E-state index in [0.29, 0.717) is 5.56 Å². The summed E-state index contributed by atoms with van der Waals surface area (Å²) in [6, 6.07) is 7.76. The highest BCUT2D eigenvalue weighted by Gasteiger charge is 2.10. The summed E-state index contributed by atoms with van der Waals surface area (Å²) >= 11 is 3.47. The molecule has 1 N–H and O–H groups in total. The van der Waals surface area contributed by atoms with Gasteiger partial charge in [-0.1, -0.05) is 0 Å². The molecule has 0 amide bonds. The van der Waals surface area contributed by atoms with E-state index in [4.69, 9.17) is 5.26 Å². The van der Waals surface area contributed by atoms with Gasteiger partial charge in [-0.05, 0) is 60.1 Å². The molecule has 0 atom stereocenters. The van der Waals surface area contributed by atoms with E-state index in [1.807, 2.05) is 18.2 Å². The molecular weight excluding hydrogens is 278 g/mol. The van der Waals surface area contributed by atoms with Crippen molar-refractivity contribution in [2.24, 2.45) is 0 Å². The topological polar surface area (TPSA) is 39.1 Å². The van der Waals surface area contributed by atoms with E-state index < -0.39 is 0 Å². The molecule has 1 aliphatic heterocycles. The highest BCUT2D eigenvalue weighted by atomic mass is 79.9. The Morgan fingerprint density at radius 3 is 2.76 bits per heavy atom. The Balaban J connectivity index is 1.84. The summed E-state index contributed by atoms with van der Waals surface area (Å²) in [6.07, 6.45) is 2.67. The van der Waals surface area contributed by atoms with Crippen LogP contribution in [0.15, 0.2) is 22.7 Å². The van der Waals surface area contributed by atoms with E-state index in [2.05, 4.69) is 32.2 Å². The van der Waals surface area contributed by atoms with E-state index in [9.17, 15) is 0 Å². The van der Waals surface area contributed by atoms with E-state index in [1.54, 1.807) is 0 Å². The number of nitriles is 1. The molecule has 0 bridgehead atoms. The summed E-state index contributed by atoms with van der Waals surface area (Å²) in [5, 5.41) is 12.2. The Morgan fingerprint density at radius 1 is 1.35 bits per heavy atom. The number of nitrogens with zero attached hydrogens (tertiary/aromatic N) is 2. The second-order valence-corrected chi connectivity index (χ2v) is 5.14. The average Bonchev–Trinajstić information content (AvgIpc) is 2.84. The van der Waals surface area contributed by atoms with Crippen LogP contribution < -0.4 is 5.32 Å². The zero-order valence-electron chi connectivity index (χ0n) is 9.75. The summed E-state index contributed by atoms with van der Waals surface area (Å²) < 4.78 is 0.956. The Bertz CT molecular complexity index is 419. The molecule has 4 heteroatoms. The summed E-state index contributed by atoms with van der Waals surface area (Å²) in [6.45, 7) is 4.50. The van der Waals surface area contributed by atoms with Gasteiger partial charge in [0.1, 0.15) is 0 Å². The minimum Gasteiger partial charge on any atom is -0.383 e. The van der Waals surface area contributed by atoms with Gasteiger partial charge in [0.15, 0.2) is 0 Å². The van der Waals surface area contributed by atoms with Gasteiger partial charge in [-0.15, -0.1) is 0 Å². The molecule has 1 fully saturated rings. The van der Waals surface area contributed by atoms with Crippen LogP contribution in [0.5, 0.6) is 0 Å². The maximum atomic E-state index is 8.77. The van der Waals surface area contributed by atoms with Crippen molar-refractivity contribution in [3.63, 3.8) is 0 Å². The molecule has 1 aromatic carbocycles. The second-order valence-electron chi connectivity index (χ2n) is 4.28. The number of hydrogen-bond acceptors (Lipinski definition) is 3. The SMILES string of the molecule is N#Cc1ccc(NCCN2CCCC2)c(Br)c1. The summed E-state index contributed by atoms with van der Waals surface area (Å²) in [7, 11) is 0. The van der Waals surface area contributed by atoms with Gasteiger partial charge in [0.05, 0.1) is 11.6 Å². The smallest absolute Gasteiger partial charge is 0.0992 e. The number of hydrogen-bond donors (Lipinski definition) is 1. The van der Waals surface area contributed by atoms with Gasteiger partial charge in [-0.25, -0.2) is 0 Å². The molecule has 1 heterocycles. The number of anilines is 1. The van der Waals surface area contributed by atoms with E-state index in [-0.39, 0.29) is 0 Å². The number of rotatable bonds is 4. The zero-order chi connectivity index (χ0) is 12.1. The first-order valence-electron chi connectivity index (χ1n) is 5.95. The average molecular weight is 294 g/mol. The van der Waals surface area contributed by atoms with Crippen molar-refractivity contribution in [1.82, 2.24) is 4.90 Å². The lowest BCUT2D eigenvalue weighted by atomic mass is 10.2. The molecule has 0 radical (unpaired) electrons. The van der Waals surface area contributed by atoms with Crippen molar-refractivity contribution in [3.05, 3.63) is 28.2 Å². The summed E-state index contributed by atoms with van der Waals surface area (Å²) in [4.78, 5) is 2.48. The van der Waals surface area contributed by atoms with Crippen LogP contribution >= 0.6 is 15.9 Å². The predicted octanol–water partition coefficient (Wildman–Crippen LogP) is 2.83. The van der Waals surface area contributed by atoms with E-state index in [1.165, 1.54) is 25.9 Å². The Morgan fingerprint density at radius 2 is 2.12 bits per heavy atom. The maximum Gasteiger partial charge on any atom is 0.0992 e. The normalized spacial score (nSPS) is 15.8. The first-order valence-corrected chi connectivity index (χ1v) is 6.75. The molecule has 17 heavy (non-hydrogen) atoms. The predicted molar refractivity (Wildman–Crippen MR) is 73.0 cm³/mol. The quantitative estimate of drug-likeness (QED) is 0.928. The van der Waals surface area contributed by atoms with Crippen molar-refractivity contribution < 1.29 is 0 Å². The first kappa shape index (κ1) is 12.4. The highest BCUT2D eigenvalue weighted by molar-refractivity contribution is 9.10. The minimum absolute atomic E-state index is 0.682. The molecule has 0 aliphatic carbocycles. The Hall–Kier alpha value is -1.05. The largest absolute Gasteiger partial charge is 0.383 e. The molecule has 0 saturated carbocycles. The third-order valence-corrected chi connectivity index (χ3v) is 3.70. The molecule has 2 rings (SSSR count). The van der Waals surface area contributed by atoms with Crippen LogP contribution in [0.4, 0.5) is 5.69 Å². The molecule has 0 spiro atoms. The molecular formula is C13H16BrN3. The van der Waals surface area contributed by atoms with Gasteiger partial charge in [0.25, 0.3) is 0 Å². The lowest BCUT2D eigenvalue weighted by Crippen LogP contribution is -2.26. The number of benzene rings is 1. The van der Waals surface area contributed by atoms with E-state index in [0.717, 1.165) is 23.2 Å². The summed E-state index contributed by atoms with van der Waals surface area (Å²) in [5.41, 5.74) is 1.74. The van der Waals surface area contributed by atoms with Crippen LogP contribution in [0.3, 0.4) is 0 Å². The molecule has 1 saturated heterocycles. The third-order valence-electron chi connectivity index (χ3n) is 3.04. The first-order chi connectivity index (χ1) is 8.29. The van der Waals surface area contributed by atoms with Crippen molar-refractivity contribution in [3.8, 4) is 6.07 Å². The van der Waals surface area contributed by atoms with Crippen molar-refractivity contribution in [1.29, 1.82) is 5.26 Å². The minimum atomic E-state index is 0.682. The third kappa shape index (κ3) is 3.45. The molecule has 1 aliphatic rings. The van der Waals surface area contributed by atoms with Crippen molar-refractivity contribution in [2.45, 2.75) is 12.8 Å². The fourth-order valence-electron chi connectivity index (χ4n) is 2.08. The van der Waals surface area contributed by atoms with Crippen molar-refractivity contribution in [2.75, 3.05) is 31.5 Å². The number of halogens is 1. The number of nitrogens with one attached hydrogen (secondary N) is 1. The fraction of sp³-hybridized carbons (Fsp3) is 0.462. The van der Waals surface area contributed by atoms with Crippen LogP contribution in [0.2, 0.25) is 0 Å². The van der Waals surface area contributed by atoms with Gasteiger partial charge in [-0.3, -0.25) is 0 Å². The molecule has 0 unspecified atom stereocenters. The van der Waals surface area contributed by atoms with Crippen LogP contribution in [0.25, 0.3) is 0 Å². The van der Waals surface area contributed by atoms with Gasteiger partial charge >= 0.3 is 0 Å². The maximum absolute atomic E-state index is 8.77. The standard InChI is InChI=1S/C13H16BrN3/c14-12-9-11(10-15)3-4-13(12)16-5-8-17-6-1-2-7-17/h3-4,9,16H,1-2,5-8H2. The summed E-state index contributed by atoms with van der Waals surface area (Å²) in [5.74, 6) is 0. The zero-order valence-corrected chi connectivity index (χ0v) is 11.3. The lowest BCUT2D eigenvalue weighted by molar-refractivity contribution is 0.352. The fourth-order valence-corrected chi connectivity index (χ4v) is 2.60. The van der Waals surface area contributed by atoms with Gasteiger partial charge in [0.2, 0.25) is 0 Å². The molecule has 3 nitrogen and oxygen atoms in total. The monoisotopic (exact) mass is 293 g/mol. The Labute approximate surface area is 111 Å². The number of likely N-dealkylation sites (tertiary alicyclic amines) is 1. The molecule has 0 aromatic heterocycles. The van der Waals surface area contributed by atoms with Crippen LogP contribution in [-0.4, -0.2) is 31.1 Å². The Kier molecular flexibility index (Phi) is 4.41. The van der Waals surface area contributed by atoms with Crippen LogP contribution in [0, 0.1) is 11.3 Å². The van der Waals surface area contributed by atoms with Crippen LogP contribution in [-0.2, 0) is 0 Å². The van der Waals surface area contributed by atoms with E-state index >= 15 is 0 Å². The molecule has 90 valence electrons. The van der Waals surface area contributed by atoms with Gasteiger partial charge in [-0.2, -0.15) is 5.26 Å². The van der Waals surface area contributed by atoms with Crippen molar-refractivity contribution >= 4 is 21.6 Å². The highest BCUT2D eigenvalue weighted by Crippen LogP contribution is 2.23. The van der Waals surface area contributed by atoms with Crippen LogP contribution in [0.1, 0.15) is 18.4 Å².